The Balaban J connectivity index is 2.28. The van der Waals surface area contributed by atoms with Crippen molar-refractivity contribution < 1.29 is 19.1 Å². The molecule has 0 spiro atoms. The Morgan fingerprint density at radius 3 is 2.64 bits per heavy atom. The summed E-state index contributed by atoms with van der Waals surface area (Å²) in [5.74, 6) is -0.909. The molecular weight excluding hydrogens is 356 g/mol. The van der Waals surface area contributed by atoms with Gasteiger partial charge in [0.15, 0.2) is 0 Å². The highest BCUT2D eigenvalue weighted by Gasteiger charge is 2.25. The molecule has 0 saturated carbocycles. The van der Waals surface area contributed by atoms with Crippen molar-refractivity contribution in [3.63, 3.8) is 0 Å². The van der Waals surface area contributed by atoms with Gasteiger partial charge < -0.3 is 15.4 Å². The van der Waals surface area contributed by atoms with E-state index >= 15 is 0 Å². The summed E-state index contributed by atoms with van der Waals surface area (Å²) in [6.45, 7) is 5.84. The molecule has 0 aromatic heterocycles. The van der Waals surface area contributed by atoms with Crippen molar-refractivity contribution in [1.29, 1.82) is 0 Å². The molecule has 2 amide bonds. The van der Waals surface area contributed by atoms with E-state index in [2.05, 4.69) is 17.2 Å². The van der Waals surface area contributed by atoms with Gasteiger partial charge in [0.1, 0.15) is 6.04 Å². The van der Waals surface area contributed by atoms with Gasteiger partial charge in [0.25, 0.3) is 0 Å². The lowest BCUT2D eigenvalue weighted by molar-refractivity contribution is -0.143. The van der Waals surface area contributed by atoms with Gasteiger partial charge >= 0.3 is 5.97 Å². The van der Waals surface area contributed by atoms with E-state index in [1.807, 2.05) is 43.3 Å². The second-order valence-corrected chi connectivity index (χ2v) is 6.86. The van der Waals surface area contributed by atoms with Crippen LogP contribution >= 0.6 is 0 Å². The van der Waals surface area contributed by atoms with Crippen LogP contribution in [0.15, 0.2) is 55.1 Å². The monoisotopic (exact) mass is 384 g/mol. The summed E-state index contributed by atoms with van der Waals surface area (Å²) in [5.41, 5.74) is 0.948. The minimum Gasteiger partial charge on any atom is -0.465 e. The first-order valence-electron chi connectivity index (χ1n) is 9.59. The zero-order chi connectivity index (χ0) is 20.4. The third-order valence-corrected chi connectivity index (χ3v) is 4.57. The highest BCUT2D eigenvalue weighted by atomic mass is 16.5. The molecule has 0 fully saturated rings. The van der Waals surface area contributed by atoms with Crippen LogP contribution in [0.3, 0.4) is 0 Å². The van der Waals surface area contributed by atoms with Gasteiger partial charge in [0.05, 0.1) is 19.1 Å². The van der Waals surface area contributed by atoms with Crippen LogP contribution in [0, 0.1) is 5.92 Å². The van der Waals surface area contributed by atoms with Crippen molar-refractivity contribution in [3.05, 3.63) is 60.7 Å². The maximum atomic E-state index is 12.9. The molecule has 28 heavy (non-hydrogen) atoms. The third-order valence-electron chi connectivity index (χ3n) is 4.57. The summed E-state index contributed by atoms with van der Waals surface area (Å²) in [6, 6.07) is 8.63. The zero-order valence-electron chi connectivity index (χ0n) is 16.2. The Kier molecular flexibility index (Phi) is 8.46. The van der Waals surface area contributed by atoms with E-state index in [-0.39, 0.29) is 49.2 Å². The molecule has 0 radical (unpaired) electrons. The lowest BCUT2D eigenvalue weighted by atomic mass is 9.93. The number of carbonyl (C=O) groups excluding carboxylic acids is 3. The molecule has 0 unspecified atom stereocenters. The second-order valence-electron chi connectivity index (χ2n) is 6.86. The van der Waals surface area contributed by atoms with Crippen molar-refractivity contribution in [1.82, 2.24) is 10.6 Å². The summed E-state index contributed by atoms with van der Waals surface area (Å²) < 4.78 is 5.14. The van der Waals surface area contributed by atoms with Crippen molar-refractivity contribution in [2.24, 2.45) is 5.92 Å². The Morgan fingerprint density at radius 1 is 1.18 bits per heavy atom. The molecule has 6 heteroatoms. The first-order valence-corrected chi connectivity index (χ1v) is 9.59. The van der Waals surface area contributed by atoms with Crippen molar-refractivity contribution in [3.8, 4) is 0 Å². The SMILES string of the molecule is C=CC[C@@H]1NC(=O)CCCOC(=O)C/C=C/[C@@H](C)[C@@H](c2ccccc2)NC1=O. The average molecular weight is 384 g/mol. The summed E-state index contributed by atoms with van der Waals surface area (Å²) in [6.07, 6.45) is 6.36. The molecule has 3 atom stereocenters. The highest BCUT2D eigenvalue weighted by Crippen LogP contribution is 2.23. The van der Waals surface area contributed by atoms with Crippen LogP contribution in [0.5, 0.6) is 0 Å². The molecule has 1 heterocycles. The maximum Gasteiger partial charge on any atom is 0.309 e. The maximum absolute atomic E-state index is 12.9. The highest BCUT2D eigenvalue weighted by molar-refractivity contribution is 5.88. The molecule has 0 aliphatic carbocycles. The number of carbonyl (C=O) groups is 3. The van der Waals surface area contributed by atoms with E-state index in [1.54, 1.807) is 12.2 Å². The fourth-order valence-electron chi connectivity index (χ4n) is 3.06. The summed E-state index contributed by atoms with van der Waals surface area (Å²) in [5, 5.41) is 5.80. The van der Waals surface area contributed by atoms with Gasteiger partial charge in [-0.2, -0.15) is 0 Å². The summed E-state index contributed by atoms with van der Waals surface area (Å²) >= 11 is 0. The quantitative estimate of drug-likeness (QED) is 0.620. The third kappa shape index (κ3) is 6.68. The summed E-state index contributed by atoms with van der Waals surface area (Å²) in [7, 11) is 0. The molecule has 150 valence electrons. The molecule has 6 nitrogen and oxygen atoms in total. The van der Waals surface area contributed by atoms with Crippen LogP contribution in [0.1, 0.15) is 44.2 Å². The Hall–Kier alpha value is -2.89. The van der Waals surface area contributed by atoms with Crippen molar-refractivity contribution in [2.45, 2.75) is 44.7 Å². The van der Waals surface area contributed by atoms with E-state index < -0.39 is 6.04 Å². The number of hydrogen-bond donors (Lipinski definition) is 2. The fraction of sp³-hybridized carbons (Fsp3) is 0.409. The molecule has 1 aromatic rings. The first-order chi connectivity index (χ1) is 13.5. The fourth-order valence-corrected chi connectivity index (χ4v) is 3.06. The van der Waals surface area contributed by atoms with Crippen LogP contribution in [-0.2, 0) is 19.1 Å². The van der Waals surface area contributed by atoms with Gasteiger partial charge in [0.2, 0.25) is 11.8 Å². The van der Waals surface area contributed by atoms with E-state index in [0.29, 0.717) is 12.8 Å². The van der Waals surface area contributed by atoms with E-state index in [1.165, 1.54) is 0 Å². The topological polar surface area (TPSA) is 84.5 Å². The molecule has 1 aliphatic heterocycles. The number of ether oxygens (including phenoxy) is 1. The number of hydrogen-bond acceptors (Lipinski definition) is 4. The minimum atomic E-state index is -0.694. The Morgan fingerprint density at radius 2 is 1.93 bits per heavy atom. The predicted octanol–water partition coefficient (Wildman–Crippen LogP) is 2.82. The number of benzene rings is 1. The van der Waals surface area contributed by atoms with Gasteiger partial charge in [-0.1, -0.05) is 55.5 Å². The Bertz CT molecular complexity index is 715. The molecule has 1 aliphatic rings. The van der Waals surface area contributed by atoms with Gasteiger partial charge in [-0.25, -0.2) is 0 Å². The summed E-state index contributed by atoms with van der Waals surface area (Å²) in [4.78, 5) is 36.9. The average Bonchev–Trinajstić information content (AvgIpc) is 2.69. The molecular formula is C22H28N2O4. The minimum absolute atomic E-state index is 0.0654. The van der Waals surface area contributed by atoms with Crippen LogP contribution in [0.25, 0.3) is 0 Å². The second kappa shape index (κ2) is 11.1. The molecule has 2 rings (SSSR count). The standard InChI is InChI=1S/C22H28N2O4/c1-3-9-18-22(27)24-21(17-11-5-4-6-12-17)16(2)10-7-14-20(26)28-15-8-13-19(25)23-18/h3-7,10-12,16,18,21H,1,8-9,13-15H2,2H3,(H,23,25)(H,24,27)/b10-7+/t16-,18+,21+/m1/s1. The van der Waals surface area contributed by atoms with Crippen LogP contribution < -0.4 is 10.6 Å². The lowest BCUT2D eigenvalue weighted by Gasteiger charge is -2.26. The van der Waals surface area contributed by atoms with Gasteiger partial charge in [-0.05, 0) is 24.3 Å². The Labute approximate surface area is 166 Å². The van der Waals surface area contributed by atoms with E-state index in [4.69, 9.17) is 4.74 Å². The van der Waals surface area contributed by atoms with Gasteiger partial charge in [0, 0.05) is 6.42 Å². The molecule has 2 N–H and O–H groups in total. The first kappa shape index (κ1) is 21.4. The van der Waals surface area contributed by atoms with Crippen LogP contribution in [0.2, 0.25) is 0 Å². The zero-order valence-corrected chi connectivity index (χ0v) is 16.2. The van der Waals surface area contributed by atoms with Crippen LogP contribution in [-0.4, -0.2) is 30.4 Å². The van der Waals surface area contributed by atoms with Gasteiger partial charge in [-0.3, -0.25) is 14.4 Å². The normalized spacial score (nSPS) is 26.0. The number of amides is 2. The molecule has 1 aromatic carbocycles. The van der Waals surface area contributed by atoms with E-state index in [9.17, 15) is 14.4 Å². The lowest BCUT2D eigenvalue weighted by Crippen LogP contribution is -2.48. The van der Waals surface area contributed by atoms with Crippen LogP contribution in [0.4, 0.5) is 0 Å². The number of rotatable bonds is 3. The molecule has 0 bridgehead atoms. The molecule has 0 saturated heterocycles. The number of esters is 1. The number of cyclic esters (lactones) is 1. The largest absolute Gasteiger partial charge is 0.465 e. The number of nitrogens with one attached hydrogen (secondary N) is 2. The van der Waals surface area contributed by atoms with Gasteiger partial charge in [-0.15, -0.1) is 6.58 Å². The van der Waals surface area contributed by atoms with Crippen molar-refractivity contribution >= 4 is 17.8 Å². The predicted molar refractivity (Wildman–Crippen MR) is 107 cm³/mol. The van der Waals surface area contributed by atoms with Crippen molar-refractivity contribution in [2.75, 3.05) is 6.61 Å². The smallest absolute Gasteiger partial charge is 0.309 e. The van der Waals surface area contributed by atoms with E-state index in [0.717, 1.165) is 5.56 Å².